The lowest BCUT2D eigenvalue weighted by Crippen LogP contribution is -2.54. The van der Waals surface area contributed by atoms with E-state index in [1.807, 2.05) is 82.3 Å². The van der Waals surface area contributed by atoms with E-state index in [-0.39, 0.29) is 29.8 Å². The Hall–Kier alpha value is -4.14. The molecule has 4 aromatic rings. The van der Waals surface area contributed by atoms with Gasteiger partial charge in [0.15, 0.2) is 0 Å². The first-order valence-corrected chi connectivity index (χ1v) is 16.3. The Labute approximate surface area is 265 Å². The Morgan fingerprint density at radius 3 is 2.05 bits per heavy atom. The van der Waals surface area contributed by atoms with Crippen LogP contribution in [0.2, 0.25) is 5.02 Å². The zero-order valence-electron chi connectivity index (χ0n) is 25.4. The van der Waals surface area contributed by atoms with Crippen molar-refractivity contribution in [3.8, 4) is 0 Å². The average Bonchev–Trinajstić information content (AvgIpc) is 2.98. The average molecular weight is 632 g/mol. The maximum absolute atomic E-state index is 14.5. The highest BCUT2D eigenvalue weighted by Gasteiger charge is 2.34. The molecule has 0 unspecified atom stereocenters. The van der Waals surface area contributed by atoms with E-state index in [1.165, 1.54) is 29.2 Å². The number of carbonyl (C=O) groups is 2. The molecular weight excluding hydrogens is 594 g/mol. The molecule has 0 saturated heterocycles. The van der Waals surface area contributed by atoms with Crippen LogP contribution in [0.3, 0.4) is 0 Å². The van der Waals surface area contributed by atoms with Crippen molar-refractivity contribution in [3.63, 3.8) is 0 Å². The van der Waals surface area contributed by atoms with E-state index in [2.05, 4.69) is 5.32 Å². The standard InChI is InChI=1S/C35H38ClN3O4S/c1-25(2)37-35(41)33(22-28-10-6-5-7-11-28)38(23-29-12-8-9-27(4)21-29)34(40)24-39(31-17-13-26(3)14-18-31)44(42,43)32-19-15-30(36)16-20-32/h5-21,25,33H,22-24H2,1-4H3,(H,37,41)/t33-/m0/s1. The molecule has 0 saturated carbocycles. The fourth-order valence-electron chi connectivity index (χ4n) is 4.92. The molecule has 0 spiro atoms. The van der Waals surface area contributed by atoms with E-state index in [0.29, 0.717) is 10.7 Å². The molecule has 0 fully saturated rings. The van der Waals surface area contributed by atoms with Crippen LogP contribution in [0, 0.1) is 13.8 Å². The highest BCUT2D eigenvalue weighted by atomic mass is 35.5. The van der Waals surface area contributed by atoms with Crippen LogP contribution in [0.1, 0.15) is 36.1 Å². The third kappa shape index (κ3) is 8.49. The summed E-state index contributed by atoms with van der Waals surface area (Å²) in [5.74, 6) is -0.822. The van der Waals surface area contributed by atoms with Crippen LogP contribution in [0.4, 0.5) is 5.69 Å². The van der Waals surface area contributed by atoms with Gasteiger partial charge in [-0.2, -0.15) is 0 Å². The molecule has 1 atom stereocenters. The SMILES string of the molecule is Cc1ccc(N(CC(=O)N(Cc2cccc(C)c2)[C@@H](Cc2ccccc2)C(=O)NC(C)C)S(=O)(=O)c2ccc(Cl)cc2)cc1. The van der Waals surface area contributed by atoms with E-state index in [9.17, 15) is 18.0 Å². The van der Waals surface area contributed by atoms with Gasteiger partial charge in [-0.25, -0.2) is 8.42 Å². The van der Waals surface area contributed by atoms with E-state index in [1.54, 1.807) is 24.3 Å². The molecule has 0 radical (unpaired) electrons. The second-order valence-corrected chi connectivity index (χ2v) is 13.5. The maximum atomic E-state index is 14.5. The summed E-state index contributed by atoms with van der Waals surface area (Å²) in [4.78, 5) is 29.7. The van der Waals surface area contributed by atoms with Gasteiger partial charge in [0.05, 0.1) is 10.6 Å². The summed E-state index contributed by atoms with van der Waals surface area (Å²) >= 11 is 6.05. The summed E-state index contributed by atoms with van der Waals surface area (Å²) < 4.78 is 29.2. The van der Waals surface area contributed by atoms with Gasteiger partial charge in [-0.15, -0.1) is 0 Å². The smallest absolute Gasteiger partial charge is 0.264 e. The van der Waals surface area contributed by atoms with Crippen molar-refractivity contribution < 1.29 is 18.0 Å². The number of aryl methyl sites for hydroxylation is 2. The molecule has 1 N–H and O–H groups in total. The normalized spacial score (nSPS) is 12.0. The van der Waals surface area contributed by atoms with Crippen molar-refractivity contribution in [2.75, 3.05) is 10.8 Å². The number of anilines is 1. The number of sulfonamides is 1. The molecule has 2 amide bonds. The lowest BCUT2D eigenvalue weighted by molar-refractivity contribution is -0.140. The molecule has 0 aliphatic heterocycles. The Balaban J connectivity index is 1.80. The third-order valence-corrected chi connectivity index (χ3v) is 9.18. The lowest BCUT2D eigenvalue weighted by Gasteiger charge is -2.34. The summed E-state index contributed by atoms with van der Waals surface area (Å²) in [6.45, 7) is 7.19. The zero-order valence-corrected chi connectivity index (χ0v) is 27.0. The van der Waals surface area contributed by atoms with Gasteiger partial charge in [0.25, 0.3) is 10.0 Å². The Bertz CT molecular complexity index is 1680. The van der Waals surface area contributed by atoms with Crippen molar-refractivity contribution in [2.45, 2.75) is 57.6 Å². The first kappa shape index (κ1) is 32.8. The van der Waals surface area contributed by atoms with Crippen molar-refractivity contribution in [1.82, 2.24) is 10.2 Å². The largest absolute Gasteiger partial charge is 0.352 e. The summed E-state index contributed by atoms with van der Waals surface area (Å²) in [6, 6.07) is 28.9. The van der Waals surface area contributed by atoms with E-state index in [0.717, 1.165) is 26.6 Å². The van der Waals surface area contributed by atoms with E-state index >= 15 is 0 Å². The molecule has 0 aliphatic rings. The molecule has 230 valence electrons. The number of halogens is 1. The maximum Gasteiger partial charge on any atom is 0.264 e. The third-order valence-electron chi connectivity index (χ3n) is 7.14. The fraction of sp³-hybridized carbons (Fsp3) is 0.257. The van der Waals surface area contributed by atoms with Gasteiger partial charge >= 0.3 is 0 Å². The van der Waals surface area contributed by atoms with Crippen LogP contribution in [0.15, 0.2) is 108 Å². The van der Waals surface area contributed by atoms with Gasteiger partial charge in [-0.05, 0) is 75.2 Å². The minimum Gasteiger partial charge on any atom is -0.352 e. The van der Waals surface area contributed by atoms with Crippen molar-refractivity contribution in [3.05, 3.63) is 130 Å². The van der Waals surface area contributed by atoms with E-state index in [4.69, 9.17) is 11.6 Å². The summed E-state index contributed by atoms with van der Waals surface area (Å²) in [5.41, 5.74) is 3.99. The molecular formula is C35H38ClN3O4S. The summed E-state index contributed by atoms with van der Waals surface area (Å²) in [7, 11) is -4.19. The number of nitrogens with zero attached hydrogens (tertiary/aromatic N) is 2. The second kappa shape index (κ2) is 14.6. The molecule has 0 bridgehead atoms. The lowest BCUT2D eigenvalue weighted by atomic mass is 10.0. The Morgan fingerprint density at radius 1 is 0.795 bits per heavy atom. The topological polar surface area (TPSA) is 86.8 Å². The molecule has 4 aromatic carbocycles. The van der Waals surface area contributed by atoms with Crippen LogP contribution >= 0.6 is 11.6 Å². The molecule has 44 heavy (non-hydrogen) atoms. The number of rotatable bonds is 12. The van der Waals surface area contributed by atoms with Crippen molar-refractivity contribution in [1.29, 1.82) is 0 Å². The molecule has 7 nitrogen and oxygen atoms in total. The molecule has 9 heteroatoms. The monoisotopic (exact) mass is 631 g/mol. The van der Waals surface area contributed by atoms with Gasteiger partial charge < -0.3 is 10.2 Å². The van der Waals surface area contributed by atoms with Gasteiger partial charge in [0.2, 0.25) is 11.8 Å². The predicted molar refractivity (Wildman–Crippen MR) is 176 cm³/mol. The van der Waals surface area contributed by atoms with Gasteiger partial charge in [-0.1, -0.05) is 89.5 Å². The minimum atomic E-state index is -4.19. The zero-order chi connectivity index (χ0) is 31.9. The van der Waals surface area contributed by atoms with E-state index < -0.39 is 28.5 Å². The minimum absolute atomic E-state index is 0.00102. The van der Waals surface area contributed by atoms with Crippen LogP contribution < -0.4 is 9.62 Å². The number of hydrogen-bond acceptors (Lipinski definition) is 4. The number of amides is 2. The fourth-order valence-corrected chi connectivity index (χ4v) is 6.46. The van der Waals surface area contributed by atoms with Gasteiger partial charge in [-0.3, -0.25) is 13.9 Å². The first-order valence-electron chi connectivity index (χ1n) is 14.5. The molecule has 0 aromatic heterocycles. The number of hydrogen-bond donors (Lipinski definition) is 1. The highest BCUT2D eigenvalue weighted by Crippen LogP contribution is 2.26. The van der Waals surface area contributed by atoms with Crippen LogP contribution in [-0.2, 0) is 32.6 Å². The second-order valence-electron chi connectivity index (χ2n) is 11.2. The van der Waals surface area contributed by atoms with Crippen molar-refractivity contribution >= 4 is 39.1 Å². The molecule has 0 heterocycles. The Morgan fingerprint density at radius 2 is 1.43 bits per heavy atom. The van der Waals surface area contributed by atoms with Crippen LogP contribution in [-0.4, -0.2) is 43.8 Å². The number of benzene rings is 4. The summed E-state index contributed by atoms with van der Waals surface area (Å²) in [6.07, 6.45) is 0.255. The van der Waals surface area contributed by atoms with Crippen LogP contribution in [0.25, 0.3) is 0 Å². The van der Waals surface area contributed by atoms with Gasteiger partial charge in [0.1, 0.15) is 12.6 Å². The number of carbonyl (C=O) groups excluding carboxylic acids is 2. The molecule has 0 aliphatic carbocycles. The Kier molecular flexibility index (Phi) is 10.8. The molecule has 4 rings (SSSR count). The van der Waals surface area contributed by atoms with Crippen LogP contribution in [0.5, 0.6) is 0 Å². The quantitative estimate of drug-likeness (QED) is 0.198. The first-order chi connectivity index (χ1) is 20.9. The predicted octanol–water partition coefficient (Wildman–Crippen LogP) is 6.32. The summed E-state index contributed by atoms with van der Waals surface area (Å²) in [5, 5.41) is 3.37. The number of nitrogens with one attached hydrogen (secondary N) is 1. The van der Waals surface area contributed by atoms with Gasteiger partial charge in [0, 0.05) is 24.0 Å². The van der Waals surface area contributed by atoms with Crippen molar-refractivity contribution in [2.24, 2.45) is 0 Å². The highest BCUT2D eigenvalue weighted by molar-refractivity contribution is 7.92.